The van der Waals surface area contributed by atoms with Crippen LogP contribution in [0.5, 0.6) is 0 Å². The highest BCUT2D eigenvalue weighted by atomic mass is 16.5. The lowest BCUT2D eigenvalue weighted by molar-refractivity contribution is -0.175. The molecule has 194 valence electrons. The van der Waals surface area contributed by atoms with Gasteiger partial charge in [0.1, 0.15) is 6.04 Å². The smallest absolute Gasteiger partial charge is 0.268 e. The summed E-state index contributed by atoms with van der Waals surface area (Å²) in [6, 6.07) is 12.0. The predicted octanol–water partition coefficient (Wildman–Crippen LogP) is 4.27. The lowest BCUT2D eigenvalue weighted by Crippen LogP contribution is -2.59. The number of rotatable bonds is 12. The molecule has 8 nitrogen and oxygen atoms in total. The van der Waals surface area contributed by atoms with E-state index in [-0.39, 0.29) is 49.5 Å². The summed E-state index contributed by atoms with van der Waals surface area (Å²) in [6.45, 7) is 8.16. The molecule has 1 heterocycles. The standard InChI is InChI=1S/C28H38N4O4/c1-21(2)13-14-26(33)32(25(28(35)30-36)12-8-11-23-9-6-5-7-10-23)31(20-22(3)4)27(34)19-24-15-17-29-18-16-24/h5-11,15-18,21-22,25,36H,12-14,19-20H2,1-4H3,(H,30,35)/t25-/m0/s1. The van der Waals surface area contributed by atoms with E-state index in [1.807, 2.05) is 64.1 Å². The number of carbonyl (C=O) groups is 3. The molecule has 1 aromatic carbocycles. The van der Waals surface area contributed by atoms with Gasteiger partial charge in [-0.3, -0.25) is 29.6 Å². The summed E-state index contributed by atoms with van der Waals surface area (Å²) >= 11 is 0. The van der Waals surface area contributed by atoms with E-state index < -0.39 is 11.9 Å². The average Bonchev–Trinajstić information content (AvgIpc) is 2.86. The van der Waals surface area contributed by atoms with Gasteiger partial charge >= 0.3 is 0 Å². The number of hydrogen-bond acceptors (Lipinski definition) is 5. The third-order valence-electron chi connectivity index (χ3n) is 5.56. The summed E-state index contributed by atoms with van der Waals surface area (Å²) < 4.78 is 0. The molecule has 0 aliphatic heterocycles. The number of nitrogens with one attached hydrogen (secondary N) is 1. The van der Waals surface area contributed by atoms with Gasteiger partial charge in [0.05, 0.1) is 6.42 Å². The maximum absolute atomic E-state index is 13.6. The van der Waals surface area contributed by atoms with Crippen molar-refractivity contribution >= 4 is 23.8 Å². The SMILES string of the molecule is CC(C)CCC(=O)N([C@@H](CC=Cc1ccccc1)C(=O)NO)N(CC(C)C)C(=O)Cc1ccncc1. The summed E-state index contributed by atoms with van der Waals surface area (Å²) in [4.78, 5) is 44.0. The Hall–Kier alpha value is -3.52. The van der Waals surface area contributed by atoms with Crippen LogP contribution in [-0.4, -0.2) is 50.5 Å². The molecule has 36 heavy (non-hydrogen) atoms. The second-order valence-electron chi connectivity index (χ2n) is 9.61. The molecule has 0 aliphatic carbocycles. The molecule has 0 unspecified atom stereocenters. The lowest BCUT2D eigenvalue weighted by Gasteiger charge is -2.40. The Balaban J connectivity index is 2.44. The first kappa shape index (κ1) is 28.7. The first-order valence-corrected chi connectivity index (χ1v) is 12.4. The van der Waals surface area contributed by atoms with Crippen molar-refractivity contribution in [2.75, 3.05) is 6.54 Å². The van der Waals surface area contributed by atoms with Crippen LogP contribution in [0.15, 0.2) is 60.9 Å². The van der Waals surface area contributed by atoms with Crippen LogP contribution in [0.3, 0.4) is 0 Å². The summed E-state index contributed by atoms with van der Waals surface area (Å²) in [5, 5.41) is 12.2. The summed E-state index contributed by atoms with van der Waals surface area (Å²) in [6.07, 6.45) is 7.79. The Morgan fingerprint density at radius 1 is 0.972 bits per heavy atom. The third kappa shape index (κ3) is 9.26. The zero-order valence-corrected chi connectivity index (χ0v) is 21.6. The van der Waals surface area contributed by atoms with Gasteiger partial charge in [0, 0.05) is 25.4 Å². The Kier molecular flexibility index (Phi) is 11.8. The van der Waals surface area contributed by atoms with Crippen molar-refractivity contribution in [3.63, 3.8) is 0 Å². The van der Waals surface area contributed by atoms with E-state index in [2.05, 4.69) is 4.98 Å². The van der Waals surface area contributed by atoms with Crippen LogP contribution >= 0.6 is 0 Å². The zero-order chi connectivity index (χ0) is 26.5. The number of benzene rings is 1. The summed E-state index contributed by atoms with van der Waals surface area (Å²) in [5.74, 6) is -1.10. The lowest BCUT2D eigenvalue weighted by atomic mass is 10.1. The number of nitrogens with zero attached hydrogens (tertiary/aromatic N) is 3. The van der Waals surface area contributed by atoms with Crippen LogP contribution < -0.4 is 5.48 Å². The van der Waals surface area contributed by atoms with Crippen molar-refractivity contribution in [3.05, 3.63) is 72.1 Å². The van der Waals surface area contributed by atoms with E-state index in [1.54, 1.807) is 36.1 Å². The first-order valence-electron chi connectivity index (χ1n) is 12.4. The van der Waals surface area contributed by atoms with Crippen LogP contribution in [0.1, 0.15) is 58.1 Å². The highest BCUT2D eigenvalue weighted by molar-refractivity contribution is 5.89. The van der Waals surface area contributed by atoms with Gasteiger partial charge in [-0.1, -0.05) is 70.2 Å². The highest BCUT2D eigenvalue weighted by Gasteiger charge is 2.36. The summed E-state index contributed by atoms with van der Waals surface area (Å²) in [5.41, 5.74) is 3.39. The van der Waals surface area contributed by atoms with E-state index >= 15 is 0 Å². The molecule has 0 fully saturated rings. The molecule has 2 aromatic rings. The van der Waals surface area contributed by atoms with Crippen LogP contribution in [-0.2, 0) is 20.8 Å². The van der Waals surface area contributed by atoms with Gasteiger partial charge in [-0.2, -0.15) is 0 Å². The Morgan fingerprint density at radius 2 is 1.64 bits per heavy atom. The van der Waals surface area contributed by atoms with Crippen LogP contribution in [0.2, 0.25) is 0 Å². The molecule has 0 radical (unpaired) electrons. The molecule has 8 heteroatoms. The minimum absolute atomic E-state index is 0.0319. The molecule has 1 atom stereocenters. The molecule has 1 aromatic heterocycles. The number of hydrogen-bond donors (Lipinski definition) is 2. The monoisotopic (exact) mass is 494 g/mol. The Bertz CT molecular complexity index is 993. The van der Waals surface area contributed by atoms with Crippen LogP contribution in [0.4, 0.5) is 0 Å². The maximum atomic E-state index is 13.6. The fraction of sp³-hybridized carbons (Fsp3) is 0.429. The van der Waals surface area contributed by atoms with Gasteiger partial charge in [0.2, 0.25) is 11.8 Å². The number of pyridine rings is 1. The molecule has 0 saturated carbocycles. The molecule has 2 rings (SSSR count). The highest BCUT2D eigenvalue weighted by Crippen LogP contribution is 2.19. The molecular weight excluding hydrogens is 456 g/mol. The number of hydrazine groups is 1. The number of amides is 3. The number of aromatic nitrogens is 1. The normalized spacial score (nSPS) is 12.1. The van der Waals surface area contributed by atoms with E-state index in [0.29, 0.717) is 6.42 Å². The Morgan fingerprint density at radius 3 is 2.22 bits per heavy atom. The van der Waals surface area contributed by atoms with Crippen molar-refractivity contribution in [2.45, 2.75) is 59.4 Å². The van der Waals surface area contributed by atoms with Gasteiger partial charge in [-0.05, 0) is 47.9 Å². The van der Waals surface area contributed by atoms with Gasteiger partial charge in [-0.25, -0.2) is 10.5 Å². The van der Waals surface area contributed by atoms with Gasteiger partial charge in [0.25, 0.3) is 5.91 Å². The molecule has 2 N–H and O–H groups in total. The quantitative estimate of drug-likeness (QED) is 0.339. The second-order valence-corrected chi connectivity index (χ2v) is 9.61. The topological polar surface area (TPSA) is 103 Å². The van der Waals surface area contributed by atoms with Crippen molar-refractivity contribution < 1.29 is 19.6 Å². The predicted molar refractivity (Wildman–Crippen MR) is 139 cm³/mol. The van der Waals surface area contributed by atoms with E-state index in [0.717, 1.165) is 11.1 Å². The minimum Gasteiger partial charge on any atom is -0.289 e. The molecule has 0 bridgehead atoms. The van der Waals surface area contributed by atoms with Gasteiger partial charge in [0.15, 0.2) is 0 Å². The molecule has 0 aliphatic rings. The molecule has 3 amide bonds. The second kappa shape index (κ2) is 14.8. The largest absolute Gasteiger partial charge is 0.289 e. The van der Waals surface area contributed by atoms with Gasteiger partial charge < -0.3 is 0 Å². The number of hydroxylamine groups is 1. The van der Waals surface area contributed by atoms with Gasteiger partial charge in [-0.15, -0.1) is 0 Å². The summed E-state index contributed by atoms with van der Waals surface area (Å²) in [7, 11) is 0. The van der Waals surface area contributed by atoms with E-state index in [4.69, 9.17) is 0 Å². The molecular formula is C28H38N4O4. The number of carbonyl (C=O) groups excluding carboxylic acids is 3. The third-order valence-corrected chi connectivity index (χ3v) is 5.56. The van der Waals surface area contributed by atoms with Crippen molar-refractivity contribution in [2.24, 2.45) is 11.8 Å². The minimum atomic E-state index is -1.10. The fourth-order valence-electron chi connectivity index (χ4n) is 3.72. The van der Waals surface area contributed by atoms with Crippen LogP contribution in [0, 0.1) is 11.8 Å². The fourth-order valence-corrected chi connectivity index (χ4v) is 3.72. The maximum Gasteiger partial charge on any atom is 0.268 e. The van der Waals surface area contributed by atoms with Crippen LogP contribution in [0.25, 0.3) is 6.08 Å². The molecule has 0 spiro atoms. The van der Waals surface area contributed by atoms with E-state index in [9.17, 15) is 19.6 Å². The van der Waals surface area contributed by atoms with Crippen molar-refractivity contribution in [3.8, 4) is 0 Å². The van der Waals surface area contributed by atoms with E-state index in [1.165, 1.54) is 10.0 Å². The first-order chi connectivity index (χ1) is 17.2. The molecule has 0 saturated heterocycles. The van der Waals surface area contributed by atoms with Crippen molar-refractivity contribution in [1.29, 1.82) is 0 Å². The Labute approximate surface area is 213 Å². The zero-order valence-electron chi connectivity index (χ0n) is 21.6. The average molecular weight is 495 g/mol. The van der Waals surface area contributed by atoms with Crippen molar-refractivity contribution in [1.82, 2.24) is 20.5 Å².